The molecule has 13 heteroatoms. The first-order chi connectivity index (χ1) is 20.3. The Balaban J connectivity index is 2.51. The molecule has 6 N–H and O–H groups in total. The molecule has 0 aromatic rings. The molecule has 13 nitrogen and oxygen atoms in total. The number of hydrogen-bond acceptors (Lipinski definition) is 7. The van der Waals surface area contributed by atoms with Gasteiger partial charge in [-0.15, -0.1) is 0 Å². The van der Waals surface area contributed by atoms with E-state index in [-0.39, 0.29) is 37.6 Å². The summed E-state index contributed by atoms with van der Waals surface area (Å²) in [7, 11) is 0. The summed E-state index contributed by atoms with van der Waals surface area (Å²) >= 11 is 0. The number of unbranched alkanes of at least 4 members (excludes halogenated alkanes) is 1. The summed E-state index contributed by atoms with van der Waals surface area (Å²) < 4.78 is 5.91. The van der Waals surface area contributed by atoms with Gasteiger partial charge in [-0.3, -0.25) is 28.8 Å². The van der Waals surface area contributed by atoms with Crippen molar-refractivity contribution in [2.24, 2.45) is 17.6 Å². The summed E-state index contributed by atoms with van der Waals surface area (Å²) in [5.41, 5.74) is 4.99. The van der Waals surface area contributed by atoms with E-state index >= 15 is 0 Å². The van der Waals surface area contributed by atoms with E-state index in [1.165, 1.54) is 57.3 Å². The zero-order valence-electron chi connectivity index (χ0n) is 26.7. The Morgan fingerprint density at radius 3 is 2.12 bits per heavy atom. The van der Waals surface area contributed by atoms with Crippen molar-refractivity contribution in [2.75, 3.05) is 32.8 Å². The van der Waals surface area contributed by atoms with Gasteiger partial charge in [0, 0.05) is 20.1 Å². The zero-order valence-corrected chi connectivity index (χ0v) is 26.7. The maximum Gasteiger partial charge on any atom is 0.243 e. The molecule has 1 fully saturated rings. The number of amides is 6. The van der Waals surface area contributed by atoms with Crippen LogP contribution in [0.2, 0.25) is 0 Å². The van der Waals surface area contributed by atoms with Crippen LogP contribution in [0, 0.1) is 11.8 Å². The predicted octanol–water partition coefficient (Wildman–Crippen LogP) is 0.744. The van der Waals surface area contributed by atoms with Crippen molar-refractivity contribution in [2.45, 2.75) is 111 Å². The van der Waals surface area contributed by atoms with Crippen molar-refractivity contribution >= 4 is 35.4 Å². The largest absolute Gasteiger partial charge is 0.377 e. The van der Waals surface area contributed by atoms with Crippen LogP contribution in [-0.4, -0.2) is 91.3 Å². The Labute approximate surface area is 256 Å². The minimum Gasteiger partial charge on any atom is -0.377 e. The summed E-state index contributed by atoms with van der Waals surface area (Å²) in [6.07, 6.45) is 10.1. The van der Waals surface area contributed by atoms with Crippen molar-refractivity contribution < 1.29 is 33.5 Å². The average Bonchev–Trinajstić information content (AvgIpc) is 2.93. The molecule has 0 aromatic carbocycles. The molecule has 1 aliphatic rings. The Morgan fingerprint density at radius 1 is 0.860 bits per heavy atom. The third kappa shape index (κ3) is 17.5. The van der Waals surface area contributed by atoms with Gasteiger partial charge < -0.3 is 36.6 Å². The van der Waals surface area contributed by atoms with Crippen LogP contribution in [0.5, 0.6) is 0 Å². The van der Waals surface area contributed by atoms with Crippen LogP contribution in [0.15, 0.2) is 0 Å². The monoisotopic (exact) mass is 610 g/mol. The minimum atomic E-state index is -0.958. The van der Waals surface area contributed by atoms with Crippen LogP contribution in [0.4, 0.5) is 0 Å². The van der Waals surface area contributed by atoms with Crippen LogP contribution in [0.1, 0.15) is 92.4 Å². The average molecular weight is 611 g/mol. The molecule has 0 spiro atoms. The lowest BCUT2D eigenvalue weighted by molar-refractivity contribution is -0.137. The van der Waals surface area contributed by atoms with Gasteiger partial charge in [-0.2, -0.15) is 0 Å². The maximum atomic E-state index is 12.9. The molecule has 6 amide bonds. The van der Waals surface area contributed by atoms with Crippen molar-refractivity contribution in [1.29, 1.82) is 0 Å². The highest BCUT2D eigenvalue weighted by atomic mass is 16.5. The third-order valence-corrected chi connectivity index (χ3v) is 7.38. The van der Waals surface area contributed by atoms with Gasteiger partial charge in [0.15, 0.2) is 0 Å². The molecule has 1 rings (SSSR count). The Kier molecular flexibility index (Phi) is 18.2. The number of carbonyl (C=O) groups is 6. The fraction of sp³-hybridized carbons (Fsp3) is 0.800. The van der Waals surface area contributed by atoms with Crippen molar-refractivity contribution in [3.05, 3.63) is 0 Å². The molecular formula is C30H54N6O7. The normalized spacial score (nSPS) is 15.6. The van der Waals surface area contributed by atoms with Gasteiger partial charge >= 0.3 is 0 Å². The lowest BCUT2D eigenvalue weighted by atomic mass is 9.86. The molecule has 0 heterocycles. The van der Waals surface area contributed by atoms with Crippen molar-refractivity contribution in [3.63, 3.8) is 0 Å². The van der Waals surface area contributed by atoms with Crippen LogP contribution in [0.3, 0.4) is 0 Å². The number of nitrogens with zero attached hydrogens (tertiary/aromatic N) is 1. The minimum absolute atomic E-state index is 0.0503. The van der Waals surface area contributed by atoms with E-state index in [1.54, 1.807) is 0 Å². The van der Waals surface area contributed by atoms with E-state index in [0.717, 1.165) is 18.8 Å². The summed E-state index contributed by atoms with van der Waals surface area (Å²) in [5, 5.41) is 9.85. The molecule has 0 unspecified atom stereocenters. The van der Waals surface area contributed by atoms with E-state index in [4.69, 9.17) is 10.5 Å². The topological polar surface area (TPSA) is 189 Å². The van der Waals surface area contributed by atoms with Gasteiger partial charge in [0.25, 0.3) is 0 Å². The summed E-state index contributed by atoms with van der Waals surface area (Å²) in [5.74, 6) is -2.41. The standard InChI is InChI=1S/C30H54N6O7/c1-20(2)15-25(30(42)33-17-27(39)34-22(4)29(41)32-16-26(31)38)35-28(40)19-36(23(5)37)18-21(3)43-14-10-9-13-24-11-7-6-8-12-24/h20-22,24-25H,6-19H2,1-5H3,(H2,31,38)(H,32,41)(H,33,42)(H,34,39)(H,35,40)/t21-,22+,25+/m1/s1. The number of ether oxygens (including phenoxy) is 1. The Bertz CT molecular complexity index is 923. The van der Waals surface area contributed by atoms with Crippen LogP contribution < -0.4 is 27.0 Å². The van der Waals surface area contributed by atoms with E-state index in [0.29, 0.717) is 13.0 Å². The number of nitrogens with two attached hydrogens (primary N) is 1. The van der Waals surface area contributed by atoms with Crippen molar-refractivity contribution in [1.82, 2.24) is 26.2 Å². The number of nitrogens with one attached hydrogen (secondary N) is 4. The summed E-state index contributed by atoms with van der Waals surface area (Å²) in [6.45, 7) is 8.29. The number of hydrogen-bond donors (Lipinski definition) is 5. The van der Waals surface area contributed by atoms with E-state index < -0.39 is 48.2 Å². The van der Waals surface area contributed by atoms with Crippen molar-refractivity contribution in [3.8, 4) is 0 Å². The predicted molar refractivity (Wildman–Crippen MR) is 162 cm³/mol. The molecule has 0 bridgehead atoms. The number of primary amides is 1. The van der Waals surface area contributed by atoms with Gasteiger partial charge in [0.2, 0.25) is 35.4 Å². The molecule has 0 aliphatic heterocycles. The van der Waals surface area contributed by atoms with Gasteiger partial charge in [-0.25, -0.2) is 0 Å². The van der Waals surface area contributed by atoms with Gasteiger partial charge in [-0.05, 0) is 38.5 Å². The van der Waals surface area contributed by atoms with Gasteiger partial charge in [0.1, 0.15) is 12.1 Å². The molecule has 3 atom stereocenters. The highest BCUT2D eigenvalue weighted by molar-refractivity contribution is 5.93. The van der Waals surface area contributed by atoms with E-state index in [1.807, 2.05) is 20.8 Å². The SMILES string of the molecule is CC(=O)N(CC(=O)N[C@@H](CC(C)C)C(=O)NCC(=O)N[C@@H](C)C(=O)NCC(N)=O)C[C@@H](C)OCCCCC1CCCCC1. The highest BCUT2D eigenvalue weighted by Crippen LogP contribution is 2.27. The number of rotatable bonds is 20. The lowest BCUT2D eigenvalue weighted by Crippen LogP contribution is -2.53. The lowest BCUT2D eigenvalue weighted by Gasteiger charge is -2.26. The van der Waals surface area contributed by atoms with Gasteiger partial charge in [0.05, 0.1) is 25.7 Å². The fourth-order valence-electron chi connectivity index (χ4n) is 5.06. The summed E-state index contributed by atoms with van der Waals surface area (Å²) in [6, 6.07) is -1.89. The fourth-order valence-corrected chi connectivity index (χ4v) is 5.06. The molecule has 1 saturated carbocycles. The molecule has 1 aliphatic carbocycles. The molecular weight excluding hydrogens is 556 g/mol. The maximum absolute atomic E-state index is 12.9. The highest BCUT2D eigenvalue weighted by Gasteiger charge is 2.25. The number of carbonyl (C=O) groups excluding carboxylic acids is 6. The van der Waals surface area contributed by atoms with Crippen LogP contribution in [0.25, 0.3) is 0 Å². The molecule has 246 valence electrons. The van der Waals surface area contributed by atoms with Crippen LogP contribution >= 0.6 is 0 Å². The first-order valence-electron chi connectivity index (χ1n) is 15.6. The van der Waals surface area contributed by atoms with E-state index in [2.05, 4.69) is 21.3 Å². The third-order valence-electron chi connectivity index (χ3n) is 7.38. The molecule has 0 radical (unpaired) electrons. The van der Waals surface area contributed by atoms with Gasteiger partial charge in [-0.1, -0.05) is 58.8 Å². The summed E-state index contributed by atoms with van der Waals surface area (Å²) in [4.78, 5) is 74.3. The smallest absolute Gasteiger partial charge is 0.243 e. The molecule has 0 saturated heterocycles. The Morgan fingerprint density at radius 2 is 1.51 bits per heavy atom. The quantitative estimate of drug-likeness (QED) is 0.126. The van der Waals surface area contributed by atoms with Crippen LogP contribution in [-0.2, 0) is 33.5 Å². The second kappa shape index (κ2) is 20.6. The van der Waals surface area contributed by atoms with E-state index in [9.17, 15) is 28.8 Å². The molecule has 0 aromatic heterocycles. The first kappa shape index (κ1) is 37.8. The second-order valence-electron chi connectivity index (χ2n) is 12.0. The first-order valence-corrected chi connectivity index (χ1v) is 15.6. The second-order valence-corrected chi connectivity index (χ2v) is 12.0. The zero-order chi connectivity index (χ0) is 32.4. The molecule has 43 heavy (non-hydrogen) atoms. The Hall–Kier alpha value is -3.22.